The van der Waals surface area contributed by atoms with E-state index in [4.69, 9.17) is 9.47 Å². The van der Waals surface area contributed by atoms with Crippen LogP contribution < -0.4 is 15.4 Å². The minimum absolute atomic E-state index is 0. The lowest BCUT2D eigenvalue weighted by molar-refractivity contribution is 0.140. The molecule has 0 aliphatic carbocycles. The predicted molar refractivity (Wildman–Crippen MR) is 110 cm³/mol. The van der Waals surface area contributed by atoms with E-state index in [1.165, 1.54) is 5.56 Å². The van der Waals surface area contributed by atoms with Crippen LogP contribution in [0.3, 0.4) is 0 Å². The number of hydrogen-bond donors (Lipinski definition) is 2. The molecule has 0 saturated carbocycles. The van der Waals surface area contributed by atoms with Crippen LogP contribution in [0, 0.1) is 6.92 Å². The molecule has 0 amide bonds. The zero-order valence-electron chi connectivity index (χ0n) is 14.9. The maximum absolute atomic E-state index is 6.13. The second-order valence-electron chi connectivity index (χ2n) is 5.84. The first kappa shape index (κ1) is 21.0. The molecule has 0 spiro atoms. The van der Waals surface area contributed by atoms with Crippen molar-refractivity contribution in [3.8, 4) is 5.75 Å². The first-order valence-corrected chi connectivity index (χ1v) is 8.59. The molecule has 24 heavy (non-hydrogen) atoms. The quantitative estimate of drug-likeness (QED) is 0.383. The van der Waals surface area contributed by atoms with Gasteiger partial charge in [-0.2, -0.15) is 0 Å². The first-order valence-electron chi connectivity index (χ1n) is 8.59. The third kappa shape index (κ3) is 6.84. The third-order valence-electron chi connectivity index (χ3n) is 3.70. The number of nitrogens with one attached hydrogen (secondary N) is 2. The van der Waals surface area contributed by atoms with Crippen LogP contribution in [0.25, 0.3) is 0 Å². The molecule has 1 aliphatic heterocycles. The van der Waals surface area contributed by atoms with E-state index in [2.05, 4.69) is 54.6 Å². The highest BCUT2D eigenvalue weighted by Gasteiger charge is 2.18. The molecule has 2 N–H and O–H groups in total. The van der Waals surface area contributed by atoms with E-state index in [0.29, 0.717) is 13.2 Å². The summed E-state index contributed by atoms with van der Waals surface area (Å²) in [6.07, 6.45) is 2.19. The van der Waals surface area contributed by atoms with Gasteiger partial charge in [0.1, 0.15) is 11.9 Å². The van der Waals surface area contributed by atoms with Gasteiger partial charge in [-0.1, -0.05) is 19.1 Å². The monoisotopic (exact) mass is 447 g/mol. The molecule has 0 aromatic heterocycles. The first-order chi connectivity index (χ1) is 11.2. The van der Waals surface area contributed by atoms with Gasteiger partial charge in [-0.3, -0.25) is 0 Å². The van der Waals surface area contributed by atoms with Crippen molar-refractivity contribution in [2.24, 2.45) is 4.99 Å². The van der Waals surface area contributed by atoms with E-state index < -0.39 is 0 Å². The molecular weight excluding hydrogens is 417 g/mol. The smallest absolute Gasteiger partial charge is 0.191 e. The molecule has 1 saturated heterocycles. The molecule has 1 aromatic rings. The van der Waals surface area contributed by atoms with E-state index in [-0.39, 0.29) is 30.1 Å². The Kier molecular flexibility index (Phi) is 10.1. The number of benzene rings is 1. The number of rotatable bonds is 7. The number of nitrogens with zero attached hydrogens (tertiary/aromatic N) is 1. The van der Waals surface area contributed by atoms with E-state index >= 15 is 0 Å². The second-order valence-corrected chi connectivity index (χ2v) is 5.84. The van der Waals surface area contributed by atoms with Crippen LogP contribution in [-0.2, 0) is 11.3 Å². The summed E-state index contributed by atoms with van der Waals surface area (Å²) in [7, 11) is 0. The molecule has 6 heteroatoms. The minimum Gasteiger partial charge on any atom is -0.488 e. The normalized spacial score (nSPS) is 17.3. The van der Waals surface area contributed by atoms with Crippen LogP contribution >= 0.6 is 24.0 Å². The largest absolute Gasteiger partial charge is 0.488 e. The van der Waals surface area contributed by atoms with Crippen molar-refractivity contribution in [2.45, 2.75) is 46.3 Å². The zero-order valence-corrected chi connectivity index (χ0v) is 17.3. The third-order valence-corrected chi connectivity index (χ3v) is 3.70. The lowest BCUT2D eigenvalue weighted by Crippen LogP contribution is -2.37. The van der Waals surface area contributed by atoms with Gasteiger partial charge in [-0.15, -0.1) is 24.0 Å². The summed E-state index contributed by atoms with van der Waals surface area (Å²) in [6, 6.07) is 6.30. The van der Waals surface area contributed by atoms with Crippen LogP contribution in [0.15, 0.2) is 23.2 Å². The van der Waals surface area contributed by atoms with Gasteiger partial charge < -0.3 is 20.1 Å². The summed E-state index contributed by atoms with van der Waals surface area (Å²) in [5.41, 5.74) is 2.30. The zero-order chi connectivity index (χ0) is 16.5. The average Bonchev–Trinajstić information content (AvgIpc) is 3.04. The Morgan fingerprint density at radius 1 is 1.33 bits per heavy atom. The molecule has 1 aromatic carbocycles. The van der Waals surface area contributed by atoms with Crippen LogP contribution in [0.4, 0.5) is 0 Å². The van der Waals surface area contributed by atoms with Crippen LogP contribution in [-0.4, -0.2) is 38.4 Å². The molecule has 1 heterocycles. The highest BCUT2D eigenvalue weighted by molar-refractivity contribution is 14.0. The number of aliphatic imine (C=N–C) groups is 1. The summed E-state index contributed by atoms with van der Waals surface area (Å²) < 4.78 is 11.5. The molecule has 0 bridgehead atoms. The topological polar surface area (TPSA) is 54.9 Å². The highest BCUT2D eigenvalue weighted by Crippen LogP contribution is 2.24. The fraction of sp³-hybridized carbons (Fsp3) is 0.611. The van der Waals surface area contributed by atoms with Gasteiger partial charge in [0, 0.05) is 25.1 Å². The van der Waals surface area contributed by atoms with Gasteiger partial charge >= 0.3 is 0 Å². The number of aryl methyl sites for hydroxylation is 1. The summed E-state index contributed by atoms with van der Waals surface area (Å²) >= 11 is 0. The molecule has 1 aliphatic rings. The number of halogens is 1. The van der Waals surface area contributed by atoms with E-state index in [9.17, 15) is 0 Å². The summed E-state index contributed by atoms with van der Waals surface area (Å²) in [6.45, 7) is 10.1. The van der Waals surface area contributed by atoms with Crippen molar-refractivity contribution >= 4 is 29.9 Å². The Morgan fingerprint density at radius 2 is 2.17 bits per heavy atom. The lowest BCUT2D eigenvalue weighted by atomic mass is 10.1. The Balaban J connectivity index is 0.00000288. The fourth-order valence-electron chi connectivity index (χ4n) is 2.44. The molecule has 1 atom stereocenters. The summed E-state index contributed by atoms with van der Waals surface area (Å²) in [5, 5.41) is 6.59. The summed E-state index contributed by atoms with van der Waals surface area (Å²) in [4.78, 5) is 4.67. The Hall–Kier alpha value is -1.02. The van der Waals surface area contributed by atoms with Gasteiger partial charge in [0.15, 0.2) is 5.96 Å². The Bertz CT molecular complexity index is 517. The second kappa shape index (κ2) is 11.5. The highest BCUT2D eigenvalue weighted by atomic mass is 127. The average molecular weight is 447 g/mol. The van der Waals surface area contributed by atoms with E-state index in [1.54, 1.807) is 0 Å². The van der Waals surface area contributed by atoms with E-state index in [0.717, 1.165) is 49.8 Å². The van der Waals surface area contributed by atoms with Crippen LogP contribution in [0.2, 0.25) is 0 Å². The number of guanidine groups is 1. The Labute approximate surface area is 162 Å². The van der Waals surface area contributed by atoms with Gasteiger partial charge in [-0.05, 0) is 31.9 Å². The molecule has 5 nitrogen and oxygen atoms in total. The lowest BCUT2D eigenvalue weighted by Gasteiger charge is -2.16. The maximum Gasteiger partial charge on any atom is 0.191 e. The SMILES string of the molecule is CCCNC(=NCc1ccc(C)cc1OC1CCOC1)NCC.I. The van der Waals surface area contributed by atoms with Crippen molar-refractivity contribution in [2.75, 3.05) is 26.3 Å². The standard InChI is InChI=1S/C18H29N3O2.HI/c1-4-9-20-18(19-5-2)21-12-15-7-6-14(3)11-17(15)23-16-8-10-22-13-16;/h6-7,11,16H,4-5,8-10,12-13H2,1-3H3,(H2,19,20,21);1H. The van der Waals surface area contributed by atoms with Gasteiger partial charge in [0.05, 0.1) is 19.8 Å². The van der Waals surface area contributed by atoms with Gasteiger partial charge in [0.25, 0.3) is 0 Å². The minimum atomic E-state index is 0. The number of ether oxygens (including phenoxy) is 2. The van der Waals surface area contributed by atoms with Gasteiger partial charge in [0.2, 0.25) is 0 Å². The fourth-order valence-corrected chi connectivity index (χ4v) is 2.44. The Morgan fingerprint density at radius 3 is 2.83 bits per heavy atom. The van der Waals surface area contributed by atoms with Crippen molar-refractivity contribution in [3.63, 3.8) is 0 Å². The van der Waals surface area contributed by atoms with Crippen molar-refractivity contribution < 1.29 is 9.47 Å². The molecule has 1 unspecified atom stereocenters. The molecule has 1 fully saturated rings. The van der Waals surface area contributed by atoms with Crippen LogP contribution in [0.1, 0.15) is 37.8 Å². The molecule has 0 radical (unpaired) electrons. The molecule has 2 rings (SSSR count). The van der Waals surface area contributed by atoms with Crippen molar-refractivity contribution in [1.82, 2.24) is 10.6 Å². The maximum atomic E-state index is 6.13. The number of hydrogen-bond acceptors (Lipinski definition) is 3. The summed E-state index contributed by atoms with van der Waals surface area (Å²) in [5.74, 6) is 1.78. The predicted octanol–water partition coefficient (Wildman–Crippen LogP) is 3.25. The van der Waals surface area contributed by atoms with E-state index in [1.807, 2.05) is 0 Å². The van der Waals surface area contributed by atoms with Crippen molar-refractivity contribution in [1.29, 1.82) is 0 Å². The van der Waals surface area contributed by atoms with Crippen LogP contribution in [0.5, 0.6) is 5.75 Å². The van der Waals surface area contributed by atoms with Crippen molar-refractivity contribution in [3.05, 3.63) is 29.3 Å². The molecular formula is C18H30IN3O2. The molecule has 136 valence electrons. The van der Waals surface area contributed by atoms with Gasteiger partial charge in [-0.25, -0.2) is 4.99 Å².